The van der Waals surface area contributed by atoms with E-state index in [1.807, 2.05) is 0 Å². The van der Waals surface area contributed by atoms with Gasteiger partial charge in [-0.2, -0.15) is 8.78 Å². The largest absolute Gasteiger partial charge is 0.372 e. The van der Waals surface area contributed by atoms with Crippen LogP contribution in [0, 0.1) is 0 Å². The van der Waals surface area contributed by atoms with Gasteiger partial charge in [-0.05, 0) is 11.4 Å². The number of halogens is 2. The van der Waals surface area contributed by atoms with Crippen LogP contribution in [0.3, 0.4) is 0 Å². The molecule has 0 aliphatic heterocycles. The molecule has 0 radical (unpaired) electrons. The summed E-state index contributed by atoms with van der Waals surface area (Å²) in [5, 5.41) is 1.45. The van der Waals surface area contributed by atoms with E-state index in [1.54, 1.807) is 0 Å². The van der Waals surface area contributed by atoms with Gasteiger partial charge in [0.2, 0.25) is 5.78 Å². The Balaban J connectivity index is 2.69. The van der Waals surface area contributed by atoms with Gasteiger partial charge in [0.25, 0.3) is 5.78 Å². The van der Waals surface area contributed by atoms with Crippen LogP contribution in [0.15, 0.2) is 11.4 Å². The van der Waals surface area contributed by atoms with Crippen molar-refractivity contribution in [3.05, 3.63) is 21.9 Å². The van der Waals surface area contributed by atoms with Crippen LogP contribution in [-0.2, 0) is 0 Å². The maximum Gasteiger partial charge on any atom is 0.372 e. The first kappa shape index (κ1) is 7.54. The minimum atomic E-state index is -3.82. The van der Waals surface area contributed by atoms with Gasteiger partial charge in [0.05, 0.1) is 4.88 Å². The summed E-state index contributed by atoms with van der Waals surface area (Å²) in [4.78, 5) is 21.5. The lowest BCUT2D eigenvalue weighted by Crippen LogP contribution is -2.30. The molecular formula is C7H2F2O2S. The monoisotopic (exact) mass is 188 g/mol. The number of carbonyl (C=O) groups excluding carboxylic acids is 2. The Bertz CT molecular complexity index is 348. The highest BCUT2D eigenvalue weighted by Gasteiger charge is 2.55. The third kappa shape index (κ3) is 0.665. The zero-order valence-corrected chi connectivity index (χ0v) is 6.45. The highest BCUT2D eigenvalue weighted by Crippen LogP contribution is 2.36. The van der Waals surface area contributed by atoms with Crippen molar-refractivity contribution in [3.8, 4) is 0 Å². The van der Waals surface area contributed by atoms with Crippen LogP contribution in [0.4, 0.5) is 8.78 Å². The molecule has 0 bridgehead atoms. The van der Waals surface area contributed by atoms with Crippen molar-refractivity contribution in [2.45, 2.75) is 5.92 Å². The molecule has 0 N–H and O–H groups in total. The average molecular weight is 188 g/mol. The zero-order valence-electron chi connectivity index (χ0n) is 5.64. The van der Waals surface area contributed by atoms with E-state index in [9.17, 15) is 18.4 Å². The van der Waals surface area contributed by atoms with Gasteiger partial charge in [0.1, 0.15) is 0 Å². The summed E-state index contributed by atoms with van der Waals surface area (Å²) >= 11 is 0.876. The van der Waals surface area contributed by atoms with E-state index >= 15 is 0 Å². The molecule has 0 aromatic carbocycles. The first-order valence-electron chi connectivity index (χ1n) is 3.10. The first-order valence-corrected chi connectivity index (χ1v) is 3.98. The van der Waals surface area contributed by atoms with Crippen LogP contribution in [0.25, 0.3) is 0 Å². The molecule has 0 saturated heterocycles. The van der Waals surface area contributed by atoms with Crippen molar-refractivity contribution in [1.29, 1.82) is 0 Å². The van der Waals surface area contributed by atoms with Gasteiger partial charge in [-0.1, -0.05) is 0 Å². The van der Waals surface area contributed by atoms with Crippen molar-refractivity contribution >= 4 is 22.9 Å². The van der Waals surface area contributed by atoms with Crippen LogP contribution in [0.2, 0.25) is 0 Å². The molecule has 1 aromatic rings. The van der Waals surface area contributed by atoms with Gasteiger partial charge in [0, 0.05) is 5.56 Å². The summed E-state index contributed by atoms with van der Waals surface area (Å²) in [7, 11) is 0. The fourth-order valence-corrected chi connectivity index (χ4v) is 1.94. The van der Waals surface area contributed by atoms with Crippen LogP contribution in [0.5, 0.6) is 0 Å². The maximum atomic E-state index is 12.7. The molecule has 0 spiro atoms. The lowest BCUT2D eigenvalue weighted by molar-refractivity contribution is 0.0190. The topological polar surface area (TPSA) is 34.1 Å². The van der Waals surface area contributed by atoms with E-state index in [4.69, 9.17) is 0 Å². The standard InChI is InChI=1S/C7H2F2O2S/c8-7(9)5(10)3-1-2-12-4(3)6(7)11/h1-2H. The smallest absolute Gasteiger partial charge is 0.287 e. The Kier molecular flexibility index (Phi) is 1.24. The van der Waals surface area contributed by atoms with E-state index < -0.39 is 17.5 Å². The van der Waals surface area contributed by atoms with E-state index in [-0.39, 0.29) is 10.4 Å². The lowest BCUT2D eigenvalue weighted by Gasteiger charge is -2.01. The third-order valence-corrected chi connectivity index (χ3v) is 2.60. The van der Waals surface area contributed by atoms with Crippen LogP contribution >= 0.6 is 11.3 Å². The highest BCUT2D eigenvalue weighted by atomic mass is 32.1. The molecule has 0 amide bonds. The molecule has 1 aliphatic carbocycles. The van der Waals surface area contributed by atoms with Gasteiger partial charge in [-0.3, -0.25) is 9.59 Å². The van der Waals surface area contributed by atoms with E-state index in [0.29, 0.717) is 0 Å². The van der Waals surface area contributed by atoms with Crippen molar-refractivity contribution in [2.24, 2.45) is 0 Å². The number of hydrogen-bond donors (Lipinski definition) is 0. The normalized spacial score (nSPS) is 19.8. The number of ketones is 2. The minimum absolute atomic E-state index is 0.120. The molecule has 12 heavy (non-hydrogen) atoms. The predicted molar refractivity (Wildman–Crippen MR) is 37.9 cm³/mol. The summed E-state index contributed by atoms with van der Waals surface area (Å²) in [5.41, 5.74) is -0.144. The maximum absolute atomic E-state index is 12.7. The second-order valence-electron chi connectivity index (χ2n) is 2.40. The molecule has 1 heterocycles. The van der Waals surface area contributed by atoms with E-state index in [1.165, 1.54) is 11.4 Å². The molecular weight excluding hydrogens is 186 g/mol. The SMILES string of the molecule is O=C1c2ccsc2C(=O)C1(F)F. The molecule has 0 fully saturated rings. The van der Waals surface area contributed by atoms with Crippen LogP contribution < -0.4 is 0 Å². The Hall–Kier alpha value is -1.10. The second-order valence-corrected chi connectivity index (χ2v) is 3.31. The van der Waals surface area contributed by atoms with Gasteiger partial charge >= 0.3 is 5.92 Å². The number of Topliss-reactive ketones (excluding diaryl/α,β-unsaturated/α-hetero) is 2. The van der Waals surface area contributed by atoms with Crippen molar-refractivity contribution in [2.75, 3.05) is 0 Å². The van der Waals surface area contributed by atoms with Crippen LogP contribution in [0.1, 0.15) is 20.0 Å². The fourth-order valence-electron chi connectivity index (χ4n) is 1.08. The van der Waals surface area contributed by atoms with Gasteiger partial charge in [0.15, 0.2) is 0 Å². The Morgan fingerprint density at radius 3 is 2.50 bits per heavy atom. The predicted octanol–water partition coefficient (Wildman–Crippen LogP) is 1.76. The number of carbonyl (C=O) groups is 2. The Morgan fingerprint density at radius 1 is 1.25 bits per heavy atom. The number of rotatable bonds is 0. The van der Waals surface area contributed by atoms with Crippen molar-refractivity contribution in [3.63, 3.8) is 0 Å². The highest BCUT2D eigenvalue weighted by molar-refractivity contribution is 7.13. The van der Waals surface area contributed by atoms with E-state index in [0.717, 1.165) is 11.3 Å². The average Bonchev–Trinajstić information content (AvgIpc) is 2.53. The fraction of sp³-hybridized carbons (Fsp3) is 0.143. The Morgan fingerprint density at radius 2 is 1.92 bits per heavy atom. The molecule has 0 saturated carbocycles. The first-order chi connectivity index (χ1) is 5.55. The number of thiophene rings is 1. The van der Waals surface area contributed by atoms with Gasteiger partial charge in [-0.25, -0.2) is 0 Å². The number of hydrogen-bond acceptors (Lipinski definition) is 3. The lowest BCUT2D eigenvalue weighted by atomic mass is 10.2. The summed E-state index contributed by atoms with van der Waals surface area (Å²) in [6.07, 6.45) is 0. The number of alkyl halides is 2. The quantitative estimate of drug-likeness (QED) is 0.581. The van der Waals surface area contributed by atoms with Gasteiger partial charge < -0.3 is 0 Å². The Labute approximate surface area is 69.8 Å². The molecule has 62 valence electrons. The van der Waals surface area contributed by atoms with Crippen molar-refractivity contribution in [1.82, 2.24) is 0 Å². The van der Waals surface area contributed by atoms with Crippen LogP contribution in [-0.4, -0.2) is 17.5 Å². The molecule has 0 unspecified atom stereocenters. The second kappa shape index (κ2) is 1.98. The molecule has 0 atom stereocenters. The molecule has 2 rings (SSSR count). The summed E-state index contributed by atoms with van der Waals surface area (Å²) in [6, 6.07) is 1.25. The van der Waals surface area contributed by atoms with E-state index in [2.05, 4.69) is 0 Å². The minimum Gasteiger partial charge on any atom is -0.287 e. The van der Waals surface area contributed by atoms with Gasteiger partial charge in [-0.15, -0.1) is 11.3 Å². The molecule has 1 aliphatic rings. The van der Waals surface area contributed by atoms with Crippen molar-refractivity contribution < 1.29 is 18.4 Å². The number of fused-ring (bicyclic) bond motifs is 1. The third-order valence-electron chi connectivity index (χ3n) is 1.69. The molecule has 5 heteroatoms. The zero-order chi connectivity index (χ0) is 8.93. The molecule has 1 aromatic heterocycles. The molecule has 2 nitrogen and oxygen atoms in total. The summed E-state index contributed by atoms with van der Waals surface area (Å²) in [6.45, 7) is 0. The summed E-state index contributed by atoms with van der Waals surface area (Å²) < 4.78 is 25.3. The summed E-state index contributed by atoms with van der Waals surface area (Å²) in [5.74, 6) is -6.55.